The van der Waals surface area contributed by atoms with Crippen LogP contribution in [0.3, 0.4) is 0 Å². The molecule has 0 saturated heterocycles. The lowest BCUT2D eigenvalue weighted by atomic mass is 10.0. The highest BCUT2D eigenvalue weighted by molar-refractivity contribution is 6.04. The third-order valence-electron chi connectivity index (χ3n) is 5.24. The Kier molecular flexibility index (Phi) is 7.66. The average molecular weight is 431 g/mol. The minimum absolute atomic E-state index is 0.139. The molecule has 0 aliphatic rings. The van der Waals surface area contributed by atoms with Crippen LogP contribution >= 0.6 is 0 Å². The Hall–Kier alpha value is -3.60. The summed E-state index contributed by atoms with van der Waals surface area (Å²) in [6.45, 7) is 7.95. The quantitative estimate of drug-likeness (QED) is 0.487. The zero-order chi connectivity index (χ0) is 23.1. The predicted octanol–water partition coefficient (Wildman–Crippen LogP) is 5.63. The van der Waals surface area contributed by atoms with Crippen molar-refractivity contribution in [3.8, 4) is 5.75 Å². The molecule has 3 rings (SSSR count). The number of rotatable bonds is 8. The summed E-state index contributed by atoms with van der Waals surface area (Å²) >= 11 is 0. The molecule has 0 aliphatic heterocycles. The van der Waals surface area contributed by atoms with E-state index in [2.05, 4.69) is 24.5 Å². The van der Waals surface area contributed by atoms with Crippen molar-refractivity contribution in [2.75, 3.05) is 11.9 Å². The van der Waals surface area contributed by atoms with Crippen LogP contribution in [0.15, 0.2) is 72.8 Å². The number of para-hydroxylation sites is 1. The number of benzene rings is 3. The van der Waals surface area contributed by atoms with E-state index in [1.165, 1.54) is 0 Å². The minimum Gasteiger partial charge on any atom is -0.483 e. The molecule has 1 atom stereocenters. The van der Waals surface area contributed by atoms with Crippen molar-refractivity contribution in [1.29, 1.82) is 0 Å². The fourth-order valence-electron chi connectivity index (χ4n) is 3.46. The normalized spacial score (nSPS) is 11.7. The molecule has 0 radical (unpaired) electrons. The van der Waals surface area contributed by atoms with Crippen LogP contribution in [0, 0.1) is 6.92 Å². The number of aryl methyl sites for hydroxylation is 1. The Bertz CT molecular complexity index is 1080. The third kappa shape index (κ3) is 5.97. The lowest BCUT2D eigenvalue weighted by molar-refractivity contribution is -0.118. The fourth-order valence-corrected chi connectivity index (χ4v) is 3.46. The van der Waals surface area contributed by atoms with Crippen LogP contribution in [0.5, 0.6) is 5.75 Å². The second-order valence-electron chi connectivity index (χ2n) is 8.18. The number of hydrogen-bond donors (Lipinski definition) is 2. The number of anilines is 1. The maximum absolute atomic E-state index is 12.9. The van der Waals surface area contributed by atoms with E-state index in [0.717, 1.165) is 16.7 Å². The van der Waals surface area contributed by atoms with E-state index in [4.69, 9.17) is 4.74 Å². The average Bonchev–Trinajstić information content (AvgIpc) is 2.78. The lowest BCUT2D eigenvalue weighted by Crippen LogP contribution is -2.28. The van der Waals surface area contributed by atoms with Gasteiger partial charge in [-0.25, -0.2) is 0 Å². The van der Waals surface area contributed by atoms with Gasteiger partial charge in [-0.2, -0.15) is 0 Å². The van der Waals surface area contributed by atoms with Crippen molar-refractivity contribution in [3.63, 3.8) is 0 Å². The van der Waals surface area contributed by atoms with Gasteiger partial charge in [0.25, 0.3) is 11.8 Å². The zero-order valence-corrected chi connectivity index (χ0v) is 19.0. The van der Waals surface area contributed by atoms with E-state index < -0.39 is 0 Å². The first-order valence-corrected chi connectivity index (χ1v) is 10.8. The highest BCUT2D eigenvalue weighted by atomic mass is 16.5. The van der Waals surface area contributed by atoms with Crippen molar-refractivity contribution < 1.29 is 14.3 Å². The van der Waals surface area contributed by atoms with E-state index in [0.29, 0.717) is 17.0 Å². The first-order valence-electron chi connectivity index (χ1n) is 10.8. The summed E-state index contributed by atoms with van der Waals surface area (Å²) in [5.74, 6) is 0.416. The van der Waals surface area contributed by atoms with Crippen LogP contribution in [-0.2, 0) is 4.79 Å². The summed E-state index contributed by atoms with van der Waals surface area (Å²) in [5.41, 5.74) is 3.99. The summed E-state index contributed by atoms with van der Waals surface area (Å²) < 4.78 is 5.82. The van der Waals surface area contributed by atoms with Gasteiger partial charge in [0.2, 0.25) is 0 Å². The lowest BCUT2D eigenvalue weighted by Gasteiger charge is -2.17. The van der Waals surface area contributed by atoms with Gasteiger partial charge in [-0.15, -0.1) is 0 Å². The molecule has 0 unspecified atom stereocenters. The summed E-state index contributed by atoms with van der Waals surface area (Å²) in [7, 11) is 0. The van der Waals surface area contributed by atoms with Gasteiger partial charge in [0, 0.05) is 0 Å². The van der Waals surface area contributed by atoms with Crippen molar-refractivity contribution in [1.82, 2.24) is 5.32 Å². The van der Waals surface area contributed by atoms with E-state index in [9.17, 15) is 9.59 Å². The molecule has 2 N–H and O–H groups in total. The van der Waals surface area contributed by atoms with Gasteiger partial charge in [-0.3, -0.25) is 9.59 Å². The van der Waals surface area contributed by atoms with Crippen molar-refractivity contribution in [2.45, 2.75) is 39.7 Å². The molecule has 32 heavy (non-hydrogen) atoms. The van der Waals surface area contributed by atoms with Crippen LogP contribution in [0.25, 0.3) is 0 Å². The van der Waals surface area contributed by atoms with Crippen LogP contribution in [0.2, 0.25) is 0 Å². The topological polar surface area (TPSA) is 67.4 Å². The molecular weight excluding hydrogens is 400 g/mol. The molecule has 0 heterocycles. The molecule has 3 aromatic rings. The molecule has 2 amide bonds. The molecule has 0 spiro atoms. The highest BCUT2D eigenvalue weighted by Gasteiger charge is 2.17. The smallest absolute Gasteiger partial charge is 0.262 e. The van der Waals surface area contributed by atoms with Crippen LogP contribution < -0.4 is 15.4 Å². The van der Waals surface area contributed by atoms with Gasteiger partial charge in [-0.1, -0.05) is 68.4 Å². The summed E-state index contributed by atoms with van der Waals surface area (Å²) in [6.07, 6.45) is 0. The second kappa shape index (κ2) is 10.6. The minimum atomic E-state index is -0.322. The Morgan fingerprint density at radius 2 is 1.59 bits per heavy atom. The molecule has 166 valence electrons. The first-order chi connectivity index (χ1) is 15.3. The van der Waals surface area contributed by atoms with E-state index in [1.807, 2.05) is 62.4 Å². The molecule has 5 heteroatoms. The van der Waals surface area contributed by atoms with Gasteiger partial charge in [0.15, 0.2) is 6.61 Å². The first kappa shape index (κ1) is 23.1. The number of ether oxygens (including phenoxy) is 1. The molecular formula is C27H30N2O3. The maximum Gasteiger partial charge on any atom is 0.262 e. The second-order valence-corrected chi connectivity index (χ2v) is 8.18. The Balaban J connectivity index is 1.66. The Morgan fingerprint density at radius 3 is 2.31 bits per heavy atom. The number of amides is 2. The molecule has 0 aromatic heterocycles. The van der Waals surface area contributed by atoms with Crippen LogP contribution in [-0.4, -0.2) is 18.4 Å². The molecule has 0 aliphatic carbocycles. The molecule has 0 bridgehead atoms. The fraction of sp³-hybridized carbons (Fsp3) is 0.259. The summed E-state index contributed by atoms with van der Waals surface area (Å²) in [4.78, 5) is 25.5. The van der Waals surface area contributed by atoms with Crippen LogP contribution in [0.1, 0.15) is 59.8 Å². The SMILES string of the molecule is Cc1ccc(C(C)C)c(OCC(=O)Nc2ccccc2C(=O)N[C@H](C)c2ccccc2)c1. The zero-order valence-electron chi connectivity index (χ0n) is 19.0. The van der Waals surface area contributed by atoms with Crippen molar-refractivity contribution >= 4 is 17.5 Å². The van der Waals surface area contributed by atoms with Gasteiger partial charge >= 0.3 is 0 Å². The largest absolute Gasteiger partial charge is 0.483 e. The summed E-state index contributed by atoms with van der Waals surface area (Å²) in [6, 6.07) is 22.5. The molecule has 5 nitrogen and oxygen atoms in total. The predicted molar refractivity (Wildman–Crippen MR) is 128 cm³/mol. The maximum atomic E-state index is 12.9. The molecule has 3 aromatic carbocycles. The molecule has 0 fully saturated rings. The number of carbonyl (C=O) groups excluding carboxylic acids is 2. The number of hydrogen-bond acceptors (Lipinski definition) is 3. The van der Waals surface area contributed by atoms with Crippen molar-refractivity contribution in [3.05, 3.63) is 95.1 Å². The Morgan fingerprint density at radius 1 is 0.906 bits per heavy atom. The van der Waals surface area contributed by atoms with Crippen molar-refractivity contribution in [2.24, 2.45) is 0 Å². The van der Waals surface area contributed by atoms with E-state index >= 15 is 0 Å². The van der Waals surface area contributed by atoms with Gasteiger partial charge < -0.3 is 15.4 Å². The van der Waals surface area contributed by atoms with E-state index in [1.54, 1.807) is 24.3 Å². The molecule has 0 saturated carbocycles. The monoisotopic (exact) mass is 430 g/mol. The van der Waals surface area contributed by atoms with Gasteiger partial charge in [0.05, 0.1) is 17.3 Å². The number of nitrogens with one attached hydrogen (secondary N) is 2. The third-order valence-corrected chi connectivity index (χ3v) is 5.24. The van der Waals surface area contributed by atoms with Gasteiger partial charge in [-0.05, 0) is 54.7 Å². The Labute approximate surface area is 189 Å². The van der Waals surface area contributed by atoms with Crippen LogP contribution in [0.4, 0.5) is 5.69 Å². The summed E-state index contributed by atoms with van der Waals surface area (Å²) in [5, 5.41) is 5.80. The standard InChI is InChI=1S/C27H30N2O3/c1-18(2)22-15-14-19(3)16-25(22)32-17-26(30)29-24-13-9-8-12-23(24)27(31)28-20(4)21-10-6-5-7-11-21/h5-16,18,20H,17H2,1-4H3,(H,28,31)(H,29,30)/t20-/m1/s1. The van der Waals surface area contributed by atoms with E-state index in [-0.39, 0.29) is 30.4 Å². The number of carbonyl (C=O) groups is 2. The highest BCUT2D eigenvalue weighted by Crippen LogP contribution is 2.27. The van der Waals surface area contributed by atoms with Gasteiger partial charge in [0.1, 0.15) is 5.75 Å².